The average Bonchev–Trinajstić information content (AvgIpc) is 2.75. The summed E-state index contributed by atoms with van der Waals surface area (Å²) >= 11 is 5.83. The van der Waals surface area contributed by atoms with Crippen molar-refractivity contribution < 1.29 is 19.1 Å². The van der Waals surface area contributed by atoms with E-state index in [0.29, 0.717) is 33.5 Å². The Morgan fingerprint density at radius 2 is 1.34 bits per heavy atom. The summed E-state index contributed by atoms with van der Waals surface area (Å²) in [6.07, 6.45) is 0. The van der Waals surface area contributed by atoms with Crippen molar-refractivity contribution in [1.82, 2.24) is 0 Å². The highest BCUT2D eigenvalue weighted by Gasteiger charge is 2.08. The standard InChI is InChI=1S/C22H19ClN2O4/c1-28-19-12-8-17(9-13-19)24-21(26)14-29-20-10-2-15(3-11-20)22(27)25-18-6-4-16(23)5-7-18/h2-13H,14H2,1H3,(H,24,26)(H,25,27). The largest absolute Gasteiger partial charge is 0.497 e. The van der Waals surface area contributed by atoms with Crippen LogP contribution in [0.2, 0.25) is 5.02 Å². The molecular formula is C22H19ClN2O4. The first-order valence-corrected chi connectivity index (χ1v) is 9.15. The monoisotopic (exact) mass is 410 g/mol. The van der Waals surface area contributed by atoms with E-state index in [-0.39, 0.29) is 18.4 Å². The summed E-state index contributed by atoms with van der Waals surface area (Å²) in [6, 6.07) is 20.4. The molecule has 0 aliphatic rings. The minimum absolute atomic E-state index is 0.150. The molecule has 6 nitrogen and oxygen atoms in total. The van der Waals surface area contributed by atoms with Gasteiger partial charge in [-0.25, -0.2) is 0 Å². The lowest BCUT2D eigenvalue weighted by molar-refractivity contribution is -0.118. The zero-order valence-electron chi connectivity index (χ0n) is 15.6. The van der Waals surface area contributed by atoms with Gasteiger partial charge in [0, 0.05) is 22.0 Å². The van der Waals surface area contributed by atoms with Gasteiger partial charge < -0.3 is 20.1 Å². The second-order valence-corrected chi connectivity index (χ2v) is 6.49. The fourth-order valence-electron chi connectivity index (χ4n) is 2.46. The van der Waals surface area contributed by atoms with Crippen molar-refractivity contribution in [1.29, 1.82) is 0 Å². The lowest BCUT2D eigenvalue weighted by Gasteiger charge is -2.09. The Balaban J connectivity index is 1.49. The van der Waals surface area contributed by atoms with E-state index in [1.807, 2.05) is 0 Å². The Morgan fingerprint density at radius 3 is 1.97 bits per heavy atom. The van der Waals surface area contributed by atoms with E-state index in [0.717, 1.165) is 0 Å². The molecule has 3 rings (SSSR count). The fraction of sp³-hybridized carbons (Fsp3) is 0.0909. The number of hydrogen-bond donors (Lipinski definition) is 2. The van der Waals surface area contributed by atoms with Crippen molar-refractivity contribution in [2.75, 3.05) is 24.4 Å². The molecule has 3 aromatic rings. The lowest BCUT2D eigenvalue weighted by atomic mass is 10.2. The van der Waals surface area contributed by atoms with Gasteiger partial charge in [0.15, 0.2) is 6.61 Å². The summed E-state index contributed by atoms with van der Waals surface area (Å²) in [5.41, 5.74) is 1.76. The average molecular weight is 411 g/mol. The van der Waals surface area contributed by atoms with Crippen LogP contribution in [-0.4, -0.2) is 25.5 Å². The lowest BCUT2D eigenvalue weighted by Crippen LogP contribution is -2.20. The van der Waals surface area contributed by atoms with E-state index < -0.39 is 0 Å². The molecule has 0 atom stereocenters. The molecule has 0 aromatic heterocycles. The molecule has 0 fully saturated rings. The SMILES string of the molecule is COc1ccc(NC(=O)COc2ccc(C(=O)Nc3ccc(Cl)cc3)cc2)cc1. The van der Waals surface area contributed by atoms with Gasteiger partial charge >= 0.3 is 0 Å². The summed E-state index contributed by atoms with van der Waals surface area (Å²) < 4.78 is 10.5. The number of carbonyl (C=O) groups excluding carboxylic acids is 2. The van der Waals surface area contributed by atoms with Gasteiger partial charge in [0.2, 0.25) is 0 Å². The minimum Gasteiger partial charge on any atom is -0.497 e. The Hall–Kier alpha value is -3.51. The second kappa shape index (κ2) is 9.61. The highest BCUT2D eigenvalue weighted by Crippen LogP contribution is 2.17. The van der Waals surface area contributed by atoms with Crippen LogP contribution >= 0.6 is 11.6 Å². The summed E-state index contributed by atoms with van der Waals surface area (Å²) in [5.74, 6) is 0.646. The number of hydrogen-bond acceptors (Lipinski definition) is 4. The number of halogens is 1. The van der Waals surface area contributed by atoms with Crippen LogP contribution < -0.4 is 20.1 Å². The molecule has 0 heterocycles. The zero-order chi connectivity index (χ0) is 20.6. The summed E-state index contributed by atoms with van der Waals surface area (Å²) in [7, 11) is 1.58. The van der Waals surface area contributed by atoms with E-state index in [9.17, 15) is 9.59 Å². The summed E-state index contributed by atoms with van der Waals surface area (Å²) in [4.78, 5) is 24.3. The Labute approximate surface area is 173 Å². The Morgan fingerprint density at radius 1 is 0.793 bits per heavy atom. The van der Waals surface area contributed by atoms with E-state index in [1.165, 1.54) is 0 Å². The van der Waals surface area contributed by atoms with Gasteiger partial charge in [-0.15, -0.1) is 0 Å². The molecule has 7 heteroatoms. The fourth-order valence-corrected chi connectivity index (χ4v) is 2.59. The van der Waals surface area contributed by atoms with Gasteiger partial charge in [0.1, 0.15) is 11.5 Å². The zero-order valence-corrected chi connectivity index (χ0v) is 16.4. The smallest absolute Gasteiger partial charge is 0.262 e. The number of ether oxygens (including phenoxy) is 2. The van der Waals surface area contributed by atoms with Crippen LogP contribution in [-0.2, 0) is 4.79 Å². The van der Waals surface area contributed by atoms with Crippen LogP contribution in [0.1, 0.15) is 10.4 Å². The van der Waals surface area contributed by atoms with Crippen LogP contribution in [0.15, 0.2) is 72.8 Å². The third-order valence-corrected chi connectivity index (χ3v) is 4.21. The highest BCUT2D eigenvalue weighted by atomic mass is 35.5. The number of anilines is 2. The van der Waals surface area contributed by atoms with Crippen molar-refractivity contribution in [3.8, 4) is 11.5 Å². The normalized spacial score (nSPS) is 10.1. The predicted molar refractivity (Wildman–Crippen MR) is 113 cm³/mol. The molecule has 2 N–H and O–H groups in total. The molecule has 0 saturated heterocycles. The van der Waals surface area contributed by atoms with E-state index >= 15 is 0 Å². The van der Waals surface area contributed by atoms with Crippen LogP contribution in [0.5, 0.6) is 11.5 Å². The van der Waals surface area contributed by atoms with E-state index in [4.69, 9.17) is 21.1 Å². The van der Waals surface area contributed by atoms with Crippen molar-refractivity contribution in [2.45, 2.75) is 0 Å². The molecular weight excluding hydrogens is 392 g/mol. The third kappa shape index (κ3) is 5.99. The number of methoxy groups -OCH3 is 1. The van der Waals surface area contributed by atoms with Gasteiger partial charge in [-0.2, -0.15) is 0 Å². The maximum Gasteiger partial charge on any atom is 0.262 e. The van der Waals surface area contributed by atoms with Gasteiger partial charge in [0.25, 0.3) is 11.8 Å². The van der Waals surface area contributed by atoms with Crippen LogP contribution in [0.4, 0.5) is 11.4 Å². The molecule has 0 unspecified atom stereocenters. The van der Waals surface area contributed by atoms with Crippen molar-refractivity contribution >= 4 is 34.8 Å². The highest BCUT2D eigenvalue weighted by molar-refractivity contribution is 6.30. The number of amides is 2. The molecule has 0 radical (unpaired) electrons. The quantitative estimate of drug-likeness (QED) is 0.596. The van der Waals surface area contributed by atoms with Crippen molar-refractivity contribution in [2.24, 2.45) is 0 Å². The van der Waals surface area contributed by atoms with Gasteiger partial charge in [-0.3, -0.25) is 9.59 Å². The Kier molecular flexibility index (Phi) is 6.71. The van der Waals surface area contributed by atoms with Crippen LogP contribution in [0.25, 0.3) is 0 Å². The molecule has 0 bridgehead atoms. The van der Waals surface area contributed by atoms with Crippen molar-refractivity contribution in [3.05, 3.63) is 83.4 Å². The van der Waals surface area contributed by atoms with Crippen molar-refractivity contribution in [3.63, 3.8) is 0 Å². The molecule has 0 saturated carbocycles. The van der Waals surface area contributed by atoms with Gasteiger partial charge in [-0.1, -0.05) is 11.6 Å². The first kappa shape index (κ1) is 20.2. The maximum atomic E-state index is 12.3. The van der Waals surface area contributed by atoms with Crippen LogP contribution in [0, 0.1) is 0 Å². The number of benzene rings is 3. The first-order valence-electron chi connectivity index (χ1n) is 8.77. The first-order chi connectivity index (χ1) is 14.0. The van der Waals surface area contributed by atoms with E-state index in [1.54, 1.807) is 79.9 Å². The molecule has 0 aliphatic heterocycles. The predicted octanol–water partition coefficient (Wildman–Crippen LogP) is 4.62. The molecule has 29 heavy (non-hydrogen) atoms. The molecule has 3 aromatic carbocycles. The second-order valence-electron chi connectivity index (χ2n) is 6.05. The van der Waals surface area contributed by atoms with Gasteiger partial charge in [0.05, 0.1) is 7.11 Å². The number of nitrogens with one attached hydrogen (secondary N) is 2. The molecule has 2 amide bonds. The third-order valence-electron chi connectivity index (χ3n) is 3.96. The maximum absolute atomic E-state index is 12.3. The summed E-state index contributed by atoms with van der Waals surface area (Å²) in [5, 5.41) is 6.11. The van der Waals surface area contributed by atoms with Crippen LogP contribution in [0.3, 0.4) is 0 Å². The van der Waals surface area contributed by atoms with Gasteiger partial charge in [-0.05, 0) is 72.8 Å². The summed E-state index contributed by atoms with van der Waals surface area (Å²) in [6.45, 7) is -0.150. The van der Waals surface area contributed by atoms with E-state index in [2.05, 4.69) is 10.6 Å². The minimum atomic E-state index is -0.292. The number of rotatable bonds is 7. The topological polar surface area (TPSA) is 76.7 Å². The molecule has 0 spiro atoms. The Bertz CT molecular complexity index is 971. The molecule has 0 aliphatic carbocycles. The molecule has 148 valence electrons. The number of carbonyl (C=O) groups is 2.